The van der Waals surface area contributed by atoms with Crippen LogP contribution in [0.5, 0.6) is 0 Å². The van der Waals surface area contributed by atoms with Gasteiger partial charge in [0.15, 0.2) is 0 Å². The molecule has 1 aromatic rings. The topological polar surface area (TPSA) is 37.0 Å². The highest BCUT2D eigenvalue weighted by molar-refractivity contribution is 5.34. The molecule has 2 heterocycles. The minimum absolute atomic E-state index is 0.289. The predicted octanol–water partition coefficient (Wildman–Crippen LogP) is 1.77. The number of rotatable bonds is 2. The molecule has 2 rings (SSSR count). The summed E-state index contributed by atoms with van der Waals surface area (Å²) in [6, 6.07) is 3.58. The minimum Gasteiger partial charge on any atom is -0.367 e. The summed E-state index contributed by atoms with van der Waals surface area (Å²) in [5.74, 6) is 0.478. The molecular weight excluding hydrogens is 193 g/mol. The van der Waals surface area contributed by atoms with Crippen LogP contribution in [-0.4, -0.2) is 24.1 Å². The highest BCUT2D eigenvalue weighted by Gasteiger charge is 2.11. The van der Waals surface area contributed by atoms with Gasteiger partial charge in [-0.05, 0) is 44.5 Å². The lowest BCUT2D eigenvalue weighted by Gasteiger charge is -2.16. The number of anilines is 1. The van der Waals surface area contributed by atoms with E-state index in [0.717, 1.165) is 31.7 Å². The molecule has 1 atom stereocenters. The molecule has 0 bridgehead atoms. The first-order valence-corrected chi connectivity index (χ1v) is 5.43. The fourth-order valence-corrected chi connectivity index (χ4v) is 1.83. The largest absolute Gasteiger partial charge is 0.367 e. The molecule has 1 aromatic heterocycles. The van der Waals surface area contributed by atoms with Crippen molar-refractivity contribution in [1.29, 1.82) is 0 Å². The average Bonchev–Trinajstić information content (AvgIpc) is 2.50. The normalized spacial score (nSPS) is 22.1. The number of nitrogens with zero attached hydrogens (tertiary/aromatic N) is 1. The first kappa shape index (κ1) is 10.4. The number of aromatic nitrogens is 1. The SMILES string of the molecule is Fc1ccc(NC2CCCNCC2)nc1. The van der Waals surface area contributed by atoms with E-state index in [1.165, 1.54) is 18.7 Å². The van der Waals surface area contributed by atoms with E-state index < -0.39 is 0 Å². The fourth-order valence-electron chi connectivity index (χ4n) is 1.83. The van der Waals surface area contributed by atoms with Crippen LogP contribution in [0.4, 0.5) is 10.2 Å². The Hall–Kier alpha value is -1.16. The van der Waals surface area contributed by atoms with Crippen molar-refractivity contribution in [3.8, 4) is 0 Å². The standard InChI is InChI=1S/C11H16FN3/c12-9-3-4-11(14-8-9)15-10-2-1-6-13-7-5-10/h3-4,8,10,13H,1-2,5-7H2,(H,14,15). The molecule has 1 aliphatic rings. The quantitative estimate of drug-likeness (QED) is 0.779. The van der Waals surface area contributed by atoms with Gasteiger partial charge in [-0.25, -0.2) is 9.37 Å². The van der Waals surface area contributed by atoms with Gasteiger partial charge in [0.2, 0.25) is 0 Å². The molecule has 0 aromatic carbocycles. The zero-order valence-corrected chi connectivity index (χ0v) is 8.67. The highest BCUT2D eigenvalue weighted by atomic mass is 19.1. The van der Waals surface area contributed by atoms with Gasteiger partial charge in [0.25, 0.3) is 0 Å². The highest BCUT2D eigenvalue weighted by Crippen LogP contribution is 2.12. The van der Waals surface area contributed by atoms with Crippen LogP contribution in [-0.2, 0) is 0 Å². The molecule has 0 spiro atoms. The van der Waals surface area contributed by atoms with Gasteiger partial charge in [-0.15, -0.1) is 0 Å². The Bertz CT molecular complexity index is 291. The molecule has 0 amide bonds. The molecule has 0 saturated carbocycles. The third kappa shape index (κ3) is 3.16. The van der Waals surface area contributed by atoms with E-state index in [2.05, 4.69) is 15.6 Å². The maximum absolute atomic E-state index is 12.6. The molecule has 15 heavy (non-hydrogen) atoms. The van der Waals surface area contributed by atoms with Gasteiger partial charge in [-0.1, -0.05) is 0 Å². The Labute approximate surface area is 89.1 Å². The number of hydrogen-bond acceptors (Lipinski definition) is 3. The predicted molar refractivity (Wildman–Crippen MR) is 58.3 cm³/mol. The van der Waals surface area contributed by atoms with Crippen molar-refractivity contribution in [1.82, 2.24) is 10.3 Å². The van der Waals surface area contributed by atoms with Crippen molar-refractivity contribution in [3.05, 3.63) is 24.1 Å². The van der Waals surface area contributed by atoms with Gasteiger partial charge in [0.05, 0.1) is 6.20 Å². The molecule has 0 radical (unpaired) electrons. The fraction of sp³-hybridized carbons (Fsp3) is 0.545. The molecule has 1 aliphatic heterocycles. The second-order valence-electron chi connectivity index (χ2n) is 3.88. The van der Waals surface area contributed by atoms with E-state index in [0.29, 0.717) is 6.04 Å². The molecule has 1 unspecified atom stereocenters. The summed E-state index contributed by atoms with van der Waals surface area (Å²) in [6.45, 7) is 2.13. The smallest absolute Gasteiger partial charge is 0.141 e. The molecule has 1 saturated heterocycles. The summed E-state index contributed by atoms with van der Waals surface area (Å²) in [5, 5.41) is 6.68. The molecule has 82 valence electrons. The lowest BCUT2D eigenvalue weighted by Crippen LogP contribution is -2.21. The number of nitrogens with one attached hydrogen (secondary N) is 2. The van der Waals surface area contributed by atoms with Crippen molar-refractivity contribution in [2.45, 2.75) is 25.3 Å². The molecule has 4 heteroatoms. The van der Waals surface area contributed by atoms with Crippen LogP contribution in [0.1, 0.15) is 19.3 Å². The van der Waals surface area contributed by atoms with Crippen molar-refractivity contribution in [3.63, 3.8) is 0 Å². The first-order chi connectivity index (χ1) is 7.34. The van der Waals surface area contributed by atoms with Crippen LogP contribution >= 0.6 is 0 Å². The molecule has 1 fully saturated rings. The van der Waals surface area contributed by atoms with Gasteiger partial charge in [-0.2, -0.15) is 0 Å². The van der Waals surface area contributed by atoms with Crippen molar-refractivity contribution >= 4 is 5.82 Å². The van der Waals surface area contributed by atoms with Crippen molar-refractivity contribution in [2.75, 3.05) is 18.4 Å². The number of halogens is 1. The van der Waals surface area contributed by atoms with E-state index in [4.69, 9.17) is 0 Å². The van der Waals surface area contributed by atoms with Crippen molar-refractivity contribution < 1.29 is 4.39 Å². The van der Waals surface area contributed by atoms with Crippen LogP contribution in [0.3, 0.4) is 0 Å². The lowest BCUT2D eigenvalue weighted by atomic mass is 10.1. The second-order valence-corrected chi connectivity index (χ2v) is 3.88. The summed E-state index contributed by atoms with van der Waals surface area (Å²) in [6.07, 6.45) is 4.67. The molecule has 2 N–H and O–H groups in total. The van der Waals surface area contributed by atoms with Crippen LogP contribution < -0.4 is 10.6 Å². The van der Waals surface area contributed by atoms with Crippen molar-refractivity contribution in [2.24, 2.45) is 0 Å². The van der Waals surface area contributed by atoms with Gasteiger partial charge in [0.1, 0.15) is 11.6 Å². The van der Waals surface area contributed by atoms with E-state index in [-0.39, 0.29) is 5.82 Å². The Balaban J connectivity index is 1.92. The van der Waals surface area contributed by atoms with Gasteiger partial charge < -0.3 is 10.6 Å². The van der Waals surface area contributed by atoms with Gasteiger partial charge >= 0.3 is 0 Å². The summed E-state index contributed by atoms with van der Waals surface area (Å²) >= 11 is 0. The third-order valence-corrected chi connectivity index (χ3v) is 2.66. The minimum atomic E-state index is -0.289. The van der Waals surface area contributed by atoms with Crippen LogP contribution in [0, 0.1) is 5.82 Å². The van der Waals surface area contributed by atoms with E-state index in [9.17, 15) is 4.39 Å². The van der Waals surface area contributed by atoms with Crippen LogP contribution in [0.15, 0.2) is 18.3 Å². The van der Waals surface area contributed by atoms with Gasteiger partial charge in [0, 0.05) is 6.04 Å². The van der Waals surface area contributed by atoms with Crippen LogP contribution in [0.2, 0.25) is 0 Å². The van der Waals surface area contributed by atoms with E-state index >= 15 is 0 Å². The number of pyridine rings is 1. The third-order valence-electron chi connectivity index (χ3n) is 2.66. The van der Waals surface area contributed by atoms with Gasteiger partial charge in [-0.3, -0.25) is 0 Å². The summed E-state index contributed by atoms with van der Waals surface area (Å²) in [5.41, 5.74) is 0. The Morgan fingerprint density at radius 3 is 3.07 bits per heavy atom. The Morgan fingerprint density at radius 2 is 2.27 bits per heavy atom. The maximum Gasteiger partial charge on any atom is 0.141 e. The van der Waals surface area contributed by atoms with Crippen LogP contribution in [0.25, 0.3) is 0 Å². The summed E-state index contributed by atoms with van der Waals surface area (Å²) in [4.78, 5) is 4.00. The molecule has 3 nitrogen and oxygen atoms in total. The Morgan fingerprint density at radius 1 is 1.33 bits per heavy atom. The molecular formula is C11H16FN3. The molecule has 0 aliphatic carbocycles. The average molecular weight is 209 g/mol. The zero-order chi connectivity index (χ0) is 10.5. The second kappa shape index (κ2) is 5.07. The summed E-state index contributed by atoms with van der Waals surface area (Å²) < 4.78 is 12.6. The lowest BCUT2D eigenvalue weighted by molar-refractivity contribution is 0.616. The monoisotopic (exact) mass is 209 g/mol. The maximum atomic E-state index is 12.6. The van der Waals surface area contributed by atoms with E-state index in [1.54, 1.807) is 6.07 Å². The number of hydrogen-bond donors (Lipinski definition) is 2. The zero-order valence-electron chi connectivity index (χ0n) is 8.67. The Kier molecular flexibility index (Phi) is 3.50. The first-order valence-electron chi connectivity index (χ1n) is 5.43. The summed E-state index contributed by atoms with van der Waals surface area (Å²) in [7, 11) is 0. The van der Waals surface area contributed by atoms with E-state index in [1.807, 2.05) is 0 Å².